The second-order valence-corrected chi connectivity index (χ2v) is 5.05. The van der Waals surface area contributed by atoms with Gasteiger partial charge < -0.3 is 10.1 Å². The van der Waals surface area contributed by atoms with Gasteiger partial charge in [0.05, 0.1) is 10.2 Å². The second kappa shape index (κ2) is 7.01. The van der Waals surface area contributed by atoms with E-state index in [1.54, 1.807) is 24.5 Å². The highest BCUT2D eigenvalue weighted by molar-refractivity contribution is 7.19. The maximum absolute atomic E-state index is 11.5. The first-order valence-corrected chi connectivity index (χ1v) is 6.91. The van der Waals surface area contributed by atoms with Gasteiger partial charge in [0.2, 0.25) is 5.91 Å². The van der Waals surface area contributed by atoms with Crippen LogP contribution in [0.1, 0.15) is 11.4 Å². The number of thiazole rings is 1. The average molecular weight is 276 g/mol. The molecule has 2 rings (SSSR count). The molecule has 0 spiro atoms. The van der Waals surface area contributed by atoms with Gasteiger partial charge in [-0.1, -0.05) is 12.1 Å². The topological polar surface area (TPSA) is 51.2 Å². The molecule has 0 fully saturated rings. The van der Waals surface area contributed by atoms with Crippen LogP contribution in [0.4, 0.5) is 0 Å². The molecule has 0 unspecified atom stereocenters. The number of methoxy groups -OCH3 is 1. The molecule has 4 nitrogen and oxygen atoms in total. The molecule has 0 saturated heterocycles. The van der Waals surface area contributed by atoms with Crippen molar-refractivity contribution in [2.24, 2.45) is 0 Å². The summed E-state index contributed by atoms with van der Waals surface area (Å²) in [7, 11) is 1.65. The van der Waals surface area contributed by atoms with E-state index in [1.807, 2.05) is 24.3 Å². The fourth-order valence-electron chi connectivity index (χ4n) is 1.60. The van der Waals surface area contributed by atoms with Crippen molar-refractivity contribution < 1.29 is 9.53 Å². The minimum atomic E-state index is -0.102. The zero-order valence-corrected chi connectivity index (χ0v) is 11.6. The molecular weight excluding hydrogens is 260 g/mol. The van der Waals surface area contributed by atoms with Crippen LogP contribution in [0.25, 0.3) is 16.3 Å². The molecule has 5 heteroatoms. The lowest BCUT2D eigenvalue weighted by atomic mass is 10.3. The molecule has 0 atom stereocenters. The molecule has 1 aromatic carbocycles. The number of nitrogens with zero attached hydrogens (tertiary/aromatic N) is 1. The summed E-state index contributed by atoms with van der Waals surface area (Å²) in [5.74, 6) is -0.102. The summed E-state index contributed by atoms with van der Waals surface area (Å²) >= 11 is 1.57. The number of rotatable bonds is 6. The van der Waals surface area contributed by atoms with E-state index in [4.69, 9.17) is 4.74 Å². The number of carbonyl (C=O) groups is 1. The third kappa shape index (κ3) is 4.15. The Morgan fingerprint density at radius 1 is 1.47 bits per heavy atom. The third-order valence-electron chi connectivity index (χ3n) is 2.51. The number of hydrogen-bond donors (Lipinski definition) is 1. The lowest BCUT2D eigenvalue weighted by Crippen LogP contribution is -2.22. The van der Waals surface area contributed by atoms with Crippen LogP contribution in [0.15, 0.2) is 30.3 Å². The van der Waals surface area contributed by atoms with Crippen molar-refractivity contribution in [3.8, 4) is 0 Å². The average Bonchev–Trinajstić information content (AvgIpc) is 2.84. The van der Waals surface area contributed by atoms with E-state index in [2.05, 4.69) is 10.3 Å². The van der Waals surface area contributed by atoms with Crippen LogP contribution in [0, 0.1) is 0 Å². The molecule has 0 radical (unpaired) electrons. The van der Waals surface area contributed by atoms with Crippen LogP contribution < -0.4 is 5.32 Å². The number of nitrogens with one attached hydrogen (secondary N) is 1. The number of ether oxygens (including phenoxy) is 1. The van der Waals surface area contributed by atoms with Crippen molar-refractivity contribution in [2.75, 3.05) is 20.3 Å². The number of para-hydroxylation sites is 1. The van der Waals surface area contributed by atoms with Crippen molar-refractivity contribution >= 4 is 33.5 Å². The second-order valence-electron chi connectivity index (χ2n) is 3.99. The molecule has 1 amide bonds. The molecular formula is C14H16N2O2S. The molecule has 0 saturated carbocycles. The Kier molecular flexibility index (Phi) is 5.06. The molecule has 0 aliphatic rings. The lowest BCUT2D eigenvalue weighted by Gasteiger charge is -2.00. The minimum Gasteiger partial charge on any atom is -0.385 e. The smallest absolute Gasteiger partial charge is 0.244 e. The summed E-state index contributed by atoms with van der Waals surface area (Å²) in [5, 5.41) is 3.63. The summed E-state index contributed by atoms with van der Waals surface area (Å²) in [6.07, 6.45) is 4.08. The molecule has 0 aliphatic carbocycles. The first-order chi connectivity index (χ1) is 9.29. The van der Waals surface area contributed by atoms with Crippen LogP contribution in [-0.4, -0.2) is 31.2 Å². The fourth-order valence-corrected chi connectivity index (χ4v) is 2.47. The first kappa shape index (κ1) is 13.7. The highest BCUT2D eigenvalue weighted by atomic mass is 32.1. The standard InChI is InChI=1S/C14H16N2O2S/c1-18-10-4-9-15-13(17)7-8-14-16-11-5-2-3-6-12(11)19-14/h2-3,5-8H,4,9-10H2,1H3,(H,15,17)/b8-7+. The van der Waals surface area contributed by atoms with Gasteiger partial charge >= 0.3 is 0 Å². The number of benzene rings is 1. The van der Waals surface area contributed by atoms with Crippen molar-refractivity contribution in [1.29, 1.82) is 0 Å². The van der Waals surface area contributed by atoms with Crippen molar-refractivity contribution in [1.82, 2.24) is 10.3 Å². The Balaban J connectivity index is 1.89. The minimum absolute atomic E-state index is 0.102. The maximum Gasteiger partial charge on any atom is 0.244 e. The maximum atomic E-state index is 11.5. The zero-order valence-electron chi connectivity index (χ0n) is 10.8. The zero-order chi connectivity index (χ0) is 13.5. The van der Waals surface area contributed by atoms with Gasteiger partial charge in [-0.15, -0.1) is 11.3 Å². The number of hydrogen-bond acceptors (Lipinski definition) is 4. The van der Waals surface area contributed by atoms with Gasteiger partial charge in [0.25, 0.3) is 0 Å². The van der Waals surface area contributed by atoms with E-state index in [1.165, 1.54) is 6.08 Å². The van der Waals surface area contributed by atoms with E-state index in [-0.39, 0.29) is 5.91 Å². The van der Waals surface area contributed by atoms with E-state index in [0.717, 1.165) is 21.6 Å². The molecule has 0 bridgehead atoms. The molecule has 1 N–H and O–H groups in total. The number of amides is 1. The SMILES string of the molecule is COCCCNC(=O)/C=C/c1nc2ccccc2s1. The van der Waals surface area contributed by atoms with Crippen LogP contribution in [0.2, 0.25) is 0 Å². The number of fused-ring (bicyclic) bond motifs is 1. The Morgan fingerprint density at radius 2 is 2.32 bits per heavy atom. The van der Waals surface area contributed by atoms with Gasteiger partial charge in [0, 0.05) is 26.3 Å². The van der Waals surface area contributed by atoms with Crippen molar-refractivity contribution in [3.05, 3.63) is 35.3 Å². The molecule has 2 aromatic rings. The molecule has 19 heavy (non-hydrogen) atoms. The van der Waals surface area contributed by atoms with Gasteiger partial charge in [-0.25, -0.2) is 4.98 Å². The summed E-state index contributed by atoms with van der Waals surface area (Å²) in [4.78, 5) is 16.0. The Morgan fingerprint density at radius 3 is 3.11 bits per heavy atom. The van der Waals surface area contributed by atoms with Gasteiger partial charge in [0.15, 0.2) is 0 Å². The summed E-state index contributed by atoms with van der Waals surface area (Å²) in [6, 6.07) is 7.93. The van der Waals surface area contributed by atoms with Crippen molar-refractivity contribution in [3.63, 3.8) is 0 Å². The van der Waals surface area contributed by atoms with Crippen LogP contribution in [0.5, 0.6) is 0 Å². The van der Waals surface area contributed by atoms with E-state index >= 15 is 0 Å². The third-order valence-corrected chi connectivity index (χ3v) is 3.51. The fraction of sp³-hybridized carbons (Fsp3) is 0.286. The Hall–Kier alpha value is -1.72. The van der Waals surface area contributed by atoms with Gasteiger partial charge in [-0.3, -0.25) is 4.79 Å². The van der Waals surface area contributed by atoms with Crippen LogP contribution in [0.3, 0.4) is 0 Å². The Bertz CT molecular complexity index is 545. The molecule has 1 aromatic heterocycles. The Labute approximate surface area is 116 Å². The number of carbonyl (C=O) groups excluding carboxylic acids is 1. The van der Waals surface area contributed by atoms with E-state index < -0.39 is 0 Å². The normalized spacial score (nSPS) is 11.2. The predicted octanol–water partition coefficient (Wildman–Crippen LogP) is 2.46. The van der Waals surface area contributed by atoms with Crippen molar-refractivity contribution in [2.45, 2.75) is 6.42 Å². The van der Waals surface area contributed by atoms with E-state index in [9.17, 15) is 4.79 Å². The van der Waals surface area contributed by atoms with Crippen LogP contribution >= 0.6 is 11.3 Å². The van der Waals surface area contributed by atoms with Gasteiger partial charge in [-0.05, 0) is 24.6 Å². The highest BCUT2D eigenvalue weighted by Gasteiger charge is 2.00. The monoisotopic (exact) mass is 276 g/mol. The number of aromatic nitrogens is 1. The lowest BCUT2D eigenvalue weighted by molar-refractivity contribution is -0.116. The summed E-state index contributed by atoms with van der Waals surface area (Å²) in [5.41, 5.74) is 0.965. The quantitative estimate of drug-likeness (QED) is 0.651. The highest BCUT2D eigenvalue weighted by Crippen LogP contribution is 2.22. The predicted molar refractivity (Wildman–Crippen MR) is 78.2 cm³/mol. The summed E-state index contributed by atoms with van der Waals surface area (Å²) in [6.45, 7) is 1.28. The van der Waals surface area contributed by atoms with Gasteiger partial charge in [-0.2, -0.15) is 0 Å². The van der Waals surface area contributed by atoms with Gasteiger partial charge in [0.1, 0.15) is 5.01 Å². The molecule has 0 aliphatic heterocycles. The summed E-state index contributed by atoms with van der Waals surface area (Å²) < 4.78 is 6.04. The first-order valence-electron chi connectivity index (χ1n) is 6.10. The van der Waals surface area contributed by atoms with Crippen LogP contribution in [-0.2, 0) is 9.53 Å². The van der Waals surface area contributed by atoms with E-state index in [0.29, 0.717) is 13.2 Å². The molecule has 1 heterocycles. The largest absolute Gasteiger partial charge is 0.385 e. The molecule has 100 valence electrons.